The van der Waals surface area contributed by atoms with Gasteiger partial charge in [0, 0.05) is 24.1 Å². The highest BCUT2D eigenvalue weighted by Crippen LogP contribution is 2.08. The van der Waals surface area contributed by atoms with E-state index in [0.717, 1.165) is 17.8 Å². The number of aromatic nitrogens is 1. The van der Waals surface area contributed by atoms with Crippen molar-refractivity contribution in [3.63, 3.8) is 0 Å². The first-order valence-electron chi connectivity index (χ1n) is 6.68. The van der Waals surface area contributed by atoms with Crippen molar-refractivity contribution in [2.24, 2.45) is 10.7 Å². The Morgan fingerprint density at radius 1 is 1.14 bits per heavy atom. The Balaban J connectivity index is 0.00000220. The Bertz CT molecular complexity index is 576. The molecule has 0 unspecified atom stereocenters. The van der Waals surface area contributed by atoms with Crippen LogP contribution in [0.2, 0.25) is 0 Å². The maximum atomic E-state index is 5.86. The van der Waals surface area contributed by atoms with Gasteiger partial charge in [-0.3, -0.25) is 9.98 Å². The van der Waals surface area contributed by atoms with Gasteiger partial charge in [-0.2, -0.15) is 0 Å². The predicted octanol–water partition coefficient (Wildman–Crippen LogP) is 3.29. The van der Waals surface area contributed by atoms with E-state index in [4.69, 9.17) is 5.73 Å². The van der Waals surface area contributed by atoms with Crippen LogP contribution in [0.15, 0.2) is 47.6 Å². The molecular weight excluding hydrogens is 375 g/mol. The number of nitrogens with two attached hydrogens (primary N) is 1. The summed E-state index contributed by atoms with van der Waals surface area (Å²) in [5.41, 5.74) is 10.2. The van der Waals surface area contributed by atoms with E-state index in [1.165, 1.54) is 11.1 Å². The number of aliphatic imine (C=N–C) groups is 1. The highest BCUT2D eigenvalue weighted by Gasteiger charge is 1.96. The van der Waals surface area contributed by atoms with Crippen LogP contribution in [0.4, 0.5) is 5.69 Å². The van der Waals surface area contributed by atoms with E-state index < -0.39 is 0 Å². The van der Waals surface area contributed by atoms with Crippen molar-refractivity contribution in [1.82, 2.24) is 4.98 Å². The molecule has 0 aliphatic rings. The summed E-state index contributed by atoms with van der Waals surface area (Å²) in [7, 11) is 0. The van der Waals surface area contributed by atoms with Gasteiger partial charge in [0.05, 0.1) is 0 Å². The van der Waals surface area contributed by atoms with E-state index in [1.54, 1.807) is 0 Å². The highest BCUT2D eigenvalue weighted by molar-refractivity contribution is 14.0. The molecule has 21 heavy (non-hydrogen) atoms. The number of pyridine rings is 1. The molecule has 2 aromatic rings. The maximum Gasteiger partial charge on any atom is 0.193 e. The zero-order valence-electron chi connectivity index (χ0n) is 12.3. The summed E-state index contributed by atoms with van der Waals surface area (Å²) in [6.45, 7) is 4.68. The minimum Gasteiger partial charge on any atom is -0.370 e. The van der Waals surface area contributed by atoms with Crippen molar-refractivity contribution >= 4 is 35.6 Å². The Morgan fingerprint density at radius 2 is 1.86 bits per heavy atom. The molecule has 0 amide bonds. The van der Waals surface area contributed by atoms with Gasteiger partial charge in [0.2, 0.25) is 0 Å². The van der Waals surface area contributed by atoms with Crippen molar-refractivity contribution in [1.29, 1.82) is 0 Å². The Hall–Kier alpha value is -1.63. The first-order valence-corrected chi connectivity index (χ1v) is 6.68. The molecule has 0 aliphatic heterocycles. The number of aryl methyl sites for hydroxylation is 2. The average molecular weight is 396 g/mol. The zero-order chi connectivity index (χ0) is 14.4. The van der Waals surface area contributed by atoms with Gasteiger partial charge in [-0.1, -0.05) is 23.8 Å². The molecule has 0 saturated heterocycles. The molecule has 2 rings (SSSR count). The molecule has 1 aromatic carbocycles. The average Bonchev–Trinajstić information content (AvgIpc) is 2.44. The third-order valence-corrected chi connectivity index (χ3v) is 2.98. The number of hydrogen-bond acceptors (Lipinski definition) is 2. The molecular formula is C16H21IN4. The topological polar surface area (TPSA) is 63.3 Å². The Labute approximate surface area is 142 Å². The molecule has 0 aliphatic carbocycles. The minimum atomic E-state index is 0. The molecule has 0 saturated carbocycles. The molecule has 1 heterocycles. The fourth-order valence-electron chi connectivity index (χ4n) is 1.78. The van der Waals surface area contributed by atoms with Gasteiger partial charge in [0.1, 0.15) is 0 Å². The lowest BCUT2D eigenvalue weighted by atomic mass is 10.2. The van der Waals surface area contributed by atoms with Gasteiger partial charge in [-0.05, 0) is 44.0 Å². The van der Waals surface area contributed by atoms with Crippen LogP contribution in [0.5, 0.6) is 0 Å². The smallest absolute Gasteiger partial charge is 0.193 e. The van der Waals surface area contributed by atoms with E-state index in [2.05, 4.69) is 28.3 Å². The van der Waals surface area contributed by atoms with Crippen molar-refractivity contribution in [2.45, 2.75) is 20.3 Å². The van der Waals surface area contributed by atoms with Crippen molar-refractivity contribution in [2.75, 3.05) is 11.9 Å². The van der Waals surface area contributed by atoms with E-state index >= 15 is 0 Å². The predicted molar refractivity (Wildman–Crippen MR) is 99.4 cm³/mol. The summed E-state index contributed by atoms with van der Waals surface area (Å²) in [4.78, 5) is 8.57. The molecule has 0 spiro atoms. The van der Waals surface area contributed by atoms with Crippen molar-refractivity contribution in [3.05, 3.63) is 59.4 Å². The van der Waals surface area contributed by atoms with E-state index in [0.29, 0.717) is 12.5 Å². The minimum absolute atomic E-state index is 0. The zero-order valence-corrected chi connectivity index (χ0v) is 14.7. The van der Waals surface area contributed by atoms with Gasteiger partial charge >= 0.3 is 0 Å². The normalized spacial score (nSPS) is 10.9. The maximum absolute atomic E-state index is 5.86. The molecule has 1 aromatic heterocycles. The number of guanidine groups is 1. The van der Waals surface area contributed by atoms with E-state index in [-0.39, 0.29) is 24.0 Å². The first-order chi connectivity index (χ1) is 9.63. The summed E-state index contributed by atoms with van der Waals surface area (Å²) in [6.07, 6.45) is 2.72. The molecule has 0 bridgehead atoms. The van der Waals surface area contributed by atoms with Gasteiger partial charge in [0.25, 0.3) is 0 Å². The monoisotopic (exact) mass is 396 g/mol. The first kappa shape index (κ1) is 17.4. The fourth-order valence-corrected chi connectivity index (χ4v) is 1.78. The third-order valence-electron chi connectivity index (χ3n) is 2.98. The summed E-state index contributed by atoms with van der Waals surface area (Å²) in [5.74, 6) is 0.439. The standard InChI is InChI=1S/C16H20N4.HI/c1-12-3-7-15(8-4-12)20-16(17)18-10-9-14-6-5-13(2)19-11-14;/h3-8,11H,9-10H2,1-2H3,(H3,17,18,20);1H. The second kappa shape index (κ2) is 8.61. The molecule has 4 nitrogen and oxygen atoms in total. The largest absolute Gasteiger partial charge is 0.370 e. The number of halogens is 1. The number of nitrogens with zero attached hydrogens (tertiary/aromatic N) is 2. The Kier molecular flexibility index (Phi) is 7.14. The van der Waals surface area contributed by atoms with Crippen LogP contribution < -0.4 is 11.1 Å². The lowest BCUT2D eigenvalue weighted by Gasteiger charge is -2.06. The third kappa shape index (κ3) is 6.12. The van der Waals surface area contributed by atoms with Crippen LogP contribution in [-0.4, -0.2) is 17.5 Å². The van der Waals surface area contributed by atoms with E-state index in [1.807, 2.05) is 43.5 Å². The molecule has 112 valence electrons. The quantitative estimate of drug-likeness (QED) is 0.474. The number of benzene rings is 1. The summed E-state index contributed by atoms with van der Waals surface area (Å²) >= 11 is 0. The number of anilines is 1. The summed E-state index contributed by atoms with van der Waals surface area (Å²) in [6, 6.07) is 12.1. The second-order valence-electron chi connectivity index (χ2n) is 4.82. The van der Waals surface area contributed by atoms with Crippen molar-refractivity contribution < 1.29 is 0 Å². The van der Waals surface area contributed by atoms with Gasteiger partial charge in [-0.15, -0.1) is 24.0 Å². The Morgan fingerprint density at radius 3 is 2.48 bits per heavy atom. The molecule has 0 atom stereocenters. The van der Waals surface area contributed by atoms with Gasteiger partial charge < -0.3 is 11.1 Å². The molecule has 3 N–H and O–H groups in total. The number of rotatable bonds is 4. The lowest BCUT2D eigenvalue weighted by molar-refractivity contribution is 0.950. The highest BCUT2D eigenvalue weighted by atomic mass is 127. The van der Waals surface area contributed by atoms with Gasteiger partial charge in [-0.25, -0.2) is 0 Å². The van der Waals surface area contributed by atoms with Crippen LogP contribution >= 0.6 is 24.0 Å². The van der Waals surface area contributed by atoms with Crippen LogP contribution in [0.25, 0.3) is 0 Å². The number of hydrogen-bond donors (Lipinski definition) is 2. The van der Waals surface area contributed by atoms with Crippen LogP contribution in [0, 0.1) is 13.8 Å². The van der Waals surface area contributed by atoms with Crippen LogP contribution in [0.3, 0.4) is 0 Å². The van der Waals surface area contributed by atoms with Gasteiger partial charge in [0.15, 0.2) is 5.96 Å². The fraction of sp³-hybridized carbons (Fsp3) is 0.250. The van der Waals surface area contributed by atoms with E-state index in [9.17, 15) is 0 Å². The summed E-state index contributed by atoms with van der Waals surface area (Å²) < 4.78 is 0. The van der Waals surface area contributed by atoms with Crippen LogP contribution in [0.1, 0.15) is 16.8 Å². The summed E-state index contributed by atoms with van der Waals surface area (Å²) in [5, 5.41) is 3.08. The van der Waals surface area contributed by atoms with Crippen LogP contribution in [-0.2, 0) is 6.42 Å². The molecule has 0 radical (unpaired) electrons. The SMILES string of the molecule is Cc1ccc(NC(N)=NCCc2ccc(C)nc2)cc1.I. The lowest BCUT2D eigenvalue weighted by Crippen LogP contribution is -2.23. The van der Waals surface area contributed by atoms with Crippen molar-refractivity contribution in [3.8, 4) is 0 Å². The number of nitrogens with one attached hydrogen (secondary N) is 1. The second-order valence-corrected chi connectivity index (χ2v) is 4.82. The molecule has 0 fully saturated rings. The molecule has 5 heteroatoms.